The van der Waals surface area contributed by atoms with Crippen molar-refractivity contribution < 1.29 is 9.90 Å². The Balaban J connectivity index is 3.00. The minimum atomic E-state index is -0.977. The molecule has 0 atom stereocenters. The van der Waals surface area contributed by atoms with E-state index in [4.69, 9.17) is 5.11 Å². The Morgan fingerprint density at radius 2 is 2.20 bits per heavy atom. The van der Waals surface area contributed by atoms with E-state index in [-0.39, 0.29) is 12.0 Å². The summed E-state index contributed by atoms with van der Waals surface area (Å²) in [5.74, 6) is -0.614. The summed E-state index contributed by atoms with van der Waals surface area (Å²) in [6, 6.07) is 3.27. The maximum Gasteiger partial charge on any atom is 0.308 e. The third-order valence-corrected chi connectivity index (χ3v) is 2.00. The van der Waals surface area contributed by atoms with E-state index < -0.39 is 5.97 Å². The minimum Gasteiger partial charge on any atom is -0.481 e. The van der Waals surface area contributed by atoms with E-state index >= 15 is 0 Å². The number of carbonyl (C=O) groups is 1. The quantitative estimate of drug-likeness (QED) is 0.808. The Hall–Kier alpha value is -1.58. The van der Waals surface area contributed by atoms with Crippen LogP contribution in [0.5, 0.6) is 0 Å². The molecule has 0 spiro atoms. The molecule has 0 aliphatic carbocycles. The van der Waals surface area contributed by atoms with Crippen LogP contribution in [0.3, 0.4) is 0 Å². The van der Waals surface area contributed by atoms with E-state index in [1.54, 1.807) is 22.9 Å². The number of aliphatic carboxylic acids is 1. The van der Waals surface area contributed by atoms with Crippen LogP contribution in [0.1, 0.15) is 19.4 Å². The van der Waals surface area contributed by atoms with Gasteiger partial charge in [-0.15, -0.1) is 0 Å². The van der Waals surface area contributed by atoms with E-state index in [0.29, 0.717) is 18.0 Å². The molecule has 0 unspecified atom stereocenters. The SMILES string of the molecule is CC(C)Cn1cccc(CC(=O)O)c1=O. The van der Waals surface area contributed by atoms with Gasteiger partial charge in [0.2, 0.25) is 0 Å². The lowest BCUT2D eigenvalue weighted by Crippen LogP contribution is -2.26. The second kappa shape index (κ2) is 4.77. The maximum atomic E-state index is 11.7. The van der Waals surface area contributed by atoms with E-state index in [1.165, 1.54) is 0 Å². The molecule has 0 radical (unpaired) electrons. The van der Waals surface area contributed by atoms with Crippen LogP contribution in [-0.4, -0.2) is 15.6 Å². The molecule has 4 heteroatoms. The standard InChI is InChI=1S/C11H15NO3/c1-8(2)7-12-5-3-4-9(11(12)15)6-10(13)14/h3-5,8H,6-7H2,1-2H3,(H,13,14). The number of carboxylic acid groups (broad SMARTS) is 1. The lowest BCUT2D eigenvalue weighted by Gasteiger charge is -2.09. The van der Waals surface area contributed by atoms with E-state index in [2.05, 4.69) is 0 Å². The molecule has 15 heavy (non-hydrogen) atoms. The molecule has 4 nitrogen and oxygen atoms in total. The molecule has 0 aromatic carbocycles. The maximum absolute atomic E-state index is 11.7. The van der Waals surface area contributed by atoms with Crippen LogP contribution >= 0.6 is 0 Å². The molecule has 0 saturated heterocycles. The topological polar surface area (TPSA) is 59.3 Å². The fourth-order valence-electron chi connectivity index (χ4n) is 1.42. The highest BCUT2D eigenvalue weighted by Crippen LogP contribution is 1.98. The van der Waals surface area contributed by atoms with Gasteiger partial charge in [0.1, 0.15) is 0 Å². The van der Waals surface area contributed by atoms with Crippen molar-refractivity contribution in [3.05, 3.63) is 34.2 Å². The molecular weight excluding hydrogens is 194 g/mol. The van der Waals surface area contributed by atoms with E-state index in [1.807, 2.05) is 13.8 Å². The highest BCUT2D eigenvalue weighted by molar-refractivity contribution is 5.69. The van der Waals surface area contributed by atoms with Gasteiger partial charge in [-0.3, -0.25) is 9.59 Å². The molecule has 0 aliphatic rings. The highest BCUT2D eigenvalue weighted by atomic mass is 16.4. The zero-order chi connectivity index (χ0) is 11.4. The smallest absolute Gasteiger partial charge is 0.308 e. The zero-order valence-corrected chi connectivity index (χ0v) is 8.93. The summed E-state index contributed by atoms with van der Waals surface area (Å²) in [6.07, 6.45) is 1.48. The Morgan fingerprint density at radius 1 is 1.53 bits per heavy atom. The van der Waals surface area contributed by atoms with Gasteiger partial charge in [0.25, 0.3) is 5.56 Å². The van der Waals surface area contributed by atoms with E-state index in [0.717, 1.165) is 0 Å². The van der Waals surface area contributed by atoms with Crippen LogP contribution in [0, 0.1) is 5.92 Å². The van der Waals surface area contributed by atoms with Crippen LogP contribution in [0.25, 0.3) is 0 Å². The highest BCUT2D eigenvalue weighted by Gasteiger charge is 2.07. The van der Waals surface area contributed by atoms with Crippen LogP contribution < -0.4 is 5.56 Å². The first-order valence-electron chi connectivity index (χ1n) is 4.91. The van der Waals surface area contributed by atoms with Crippen molar-refractivity contribution in [1.29, 1.82) is 0 Å². The number of rotatable bonds is 4. The van der Waals surface area contributed by atoms with Crippen molar-refractivity contribution in [2.24, 2.45) is 5.92 Å². The third kappa shape index (κ3) is 3.23. The number of hydrogen-bond donors (Lipinski definition) is 1. The van der Waals surface area contributed by atoms with Crippen LogP contribution in [0.2, 0.25) is 0 Å². The van der Waals surface area contributed by atoms with Crippen LogP contribution in [0.15, 0.2) is 23.1 Å². The van der Waals surface area contributed by atoms with Gasteiger partial charge in [-0.05, 0) is 12.0 Å². The first kappa shape index (κ1) is 11.5. The molecule has 1 rings (SSSR count). The number of pyridine rings is 1. The molecule has 0 amide bonds. The Labute approximate surface area is 88.2 Å². The van der Waals surface area contributed by atoms with Gasteiger partial charge in [-0.25, -0.2) is 0 Å². The summed E-state index contributed by atoms with van der Waals surface area (Å²) in [7, 11) is 0. The summed E-state index contributed by atoms with van der Waals surface area (Å²) >= 11 is 0. The first-order valence-corrected chi connectivity index (χ1v) is 4.91. The van der Waals surface area contributed by atoms with Crippen molar-refractivity contribution in [2.45, 2.75) is 26.8 Å². The number of aromatic nitrogens is 1. The molecule has 1 aromatic rings. The van der Waals surface area contributed by atoms with Gasteiger partial charge in [0.15, 0.2) is 0 Å². The predicted octanol–water partition coefficient (Wildman–Crippen LogP) is 1.13. The summed E-state index contributed by atoms with van der Waals surface area (Å²) in [5.41, 5.74) is 0.138. The summed E-state index contributed by atoms with van der Waals surface area (Å²) < 4.78 is 1.56. The molecule has 0 aliphatic heterocycles. The largest absolute Gasteiger partial charge is 0.481 e. The lowest BCUT2D eigenvalue weighted by molar-refractivity contribution is -0.136. The van der Waals surface area contributed by atoms with Crippen molar-refractivity contribution in [2.75, 3.05) is 0 Å². The average Bonchev–Trinajstić information content (AvgIpc) is 2.10. The first-order chi connectivity index (χ1) is 7.00. The molecular formula is C11H15NO3. The van der Waals surface area contributed by atoms with Crippen LogP contribution in [0.4, 0.5) is 0 Å². The zero-order valence-electron chi connectivity index (χ0n) is 8.93. The second-order valence-corrected chi connectivity index (χ2v) is 3.96. The lowest BCUT2D eigenvalue weighted by atomic mass is 10.2. The monoisotopic (exact) mass is 209 g/mol. The molecule has 1 heterocycles. The average molecular weight is 209 g/mol. The summed E-state index contributed by atoms with van der Waals surface area (Å²) in [6.45, 7) is 4.64. The van der Waals surface area contributed by atoms with Gasteiger partial charge in [-0.2, -0.15) is 0 Å². The predicted molar refractivity (Wildman–Crippen MR) is 56.9 cm³/mol. The summed E-state index contributed by atoms with van der Waals surface area (Å²) in [5, 5.41) is 8.62. The van der Waals surface area contributed by atoms with Gasteiger partial charge in [0, 0.05) is 18.3 Å². The van der Waals surface area contributed by atoms with Crippen molar-refractivity contribution in [1.82, 2.24) is 4.57 Å². The molecule has 1 aromatic heterocycles. The van der Waals surface area contributed by atoms with Gasteiger partial charge >= 0.3 is 5.97 Å². The molecule has 0 saturated carbocycles. The minimum absolute atomic E-state index is 0.200. The van der Waals surface area contributed by atoms with Crippen LogP contribution in [-0.2, 0) is 17.8 Å². The van der Waals surface area contributed by atoms with E-state index in [9.17, 15) is 9.59 Å². The van der Waals surface area contributed by atoms with Crippen molar-refractivity contribution in [3.8, 4) is 0 Å². The molecule has 0 fully saturated rings. The fourth-order valence-corrected chi connectivity index (χ4v) is 1.42. The Morgan fingerprint density at radius 3 is 2.73 bits per heavy atom. The number of hydrogen-bond acceptors (Lipinski definition) is 2. The van der Waals surface area contributed by atoms with Gasteiger partial charge in [0.05, 0.1) is 6.42 Å². The Kier molecular flexibility index (Phi) is 3.66. The normalized spacial score (nSPS) is 10.6. The number of nitrogens with zero attached hydrogens (tertiary/aromatic N) is 1. The number of carboxylic acids is 1. The van der Waals surface area contributed by atoms with Gasteiger partial charge in [-0.1, -0.05) is 19.9 Å². The molecule has 1 N–H and O–H groups in total. The summed E-state index contributed by atoms with van der Waals surface area (Å²) in [4.78, 5) is 22.2. The second-order valence-electron chi connectivity index (χ2n) is 3.96. The fraction of sp³-hybridized carbons (Fsp3) is 0.455. The van der Waals surface area contributed by atoms with Crippen molar-refractivity contribution >= 4 is 5.97 Å². The third-order valence-electron chi connectivity index (χ3n) is 2.00. The van der Waals surface area contributed by atoms with Crippen molar-refractivity contribution in [3.63, 3.8) is 0 Å². The van der Waals surface area contributed by atoms with Gasteiger partial charge < -0.3 is 9.67 Å². The Bertz CT molecular complexity index is 407. The molecule has 82 valence electrons. The molecule has 0 bridgehead atoms.